The van der Waals surface area contributed by atoms with Crippen LogP contribution < -0.4 is 15.4 Å². The van der Waals surface area contributed by atoms with Gasteiger partial charge in [0.1, 0.15) is 5.75 Å². The predicted octanol–water partition coefficient (Wildman–Crippen LogP) is 1.14. The van der Waals surface area contributed by atoms with Crippen LogP contribution in [0.2, 0.25) is 0 Å². The molecule has 1 amide bonds. The Kier molecular flexibility index (Phi) is 3.89. The Morgan fingerprint density at radius 1 is 1.35 bits per heavy atom. The first-order chi connectivity index (χ1) is 9.70. The molecule has 3 rings (SSSR count). The SMILES string of the molecule is O=C(Nc1ccc(OCC2CC2)cc1)C1CC(O)CN1. The zero-order chi connectivity index (χ0) is 13.9. The topological polar surface area (TPSA) is 70.6 Å². The number of aliphatic hydroxyl groups is 1. The van der Waals surface area contributed by atoms with Gasteiger partial charge >= 0.3 is 0 Å². The number of hydrogen-bond donors (Lipinski definition) is 3. The maximum atomic E-state index is 12.0. The van der Waals surface area contributed by atoms with Crippen LogP contribution in [0, 0.1) is 5.92 Å². The van der Waals surface area contributed by atoms with Crippen LogP contribution >= 0.6 is 0 Å². The van der Waals surface area contributed by atoms with Gasteiger partial charge < -0.3 is 20.5 Å². The molecular weight excluding hydrogens is 256 g/mol. The van der Waals surface area contributed by atoms with Crippen LogP contribution in [0.5, 0.6) is 5.75 Å². The second kappa shape index (κ2) is 5.81. The Morgan fingerprint density at radius 3 is 2.70 bits per heavy atom. The number of anilines is 1. The number of aliphatic hydroxyl groups excluding tert-OH is 1. The van der Waals surface area contributed by atoms with E-state index in [1.54, 1.807) is 0 Å². The second-order valence-electron chi connectivity index (χ2n) is 5.62. The molecule has 108 valence electrons. The van der Waals surface area contributed by atoms with Gasteiger partial charge in [0.2, 0.25) is 5.91 Å². The van der Waals surface area contributed by atoms with Crippen molar-refractivity contribution in [3.63, 3.8) is 0 Å². The Morgan fingerprint density at radius 2 is 2.10 bits per heavy atom. The summed E-state index contributed by atoms with van der Waals surface area (Å²) >= 11 is 0. The van der Waals surface area contributed by atoms with Crippen LogP contribution in [0.4, 0.5) is 5.69 Å². The van der Waals surface area contributed by atoms with Crippen LogP contribution in [-0.2, 0) is 4.79 Å². The van der Waals surface area contributed by atoms with Crippen molar-refractivity contribution in [3.05, 3.63) is 24.3 Å². The van der Waals surface area contributed by atoms with Gasteiger partial charge in [-0.15, -0.1) is 0 Å². The van der Waals surface area contributed by atoms with Crippen molar-refractivity contribution in [2.24, 2.45) is 5.92 Å². The second-order valence-corrected chi connectivity index (χ2v) is 5.62. The van der Waals surface area contributed by atoms with Crippen molar-refractivity contribution in [3.8, 4) is 5.75 Å². The summed E-state index contributed by atoms with van der Waals surface area (Å²) in [6.07, 6.45) is 2.58. The van der Waals surface area contributed by atoms with Crippen LogP contribution in [0.1, 0.15) is 19.3 Å². The van der Waals surface area contributed by atoms with Crippen molar-refractivity contribution in [2.75, 3.05) is 18.5 Å². The van der Waals surface area contributed by atoms with Gasteiger partial charge in [-0.25, -0.2) is 0 Å². The standard InChI is InChI=1S/C15H20N2O3/c18-12-7-14(16-8-12)15(19)17-11-3-5-13(6-4-11)20-9-10-1-2-10/h3-6,10,12,14,16,18H,1-2,7-9H2,(H,17,19). The highest BCUT2D eigenvalue weighted by molar-refractivity contribution is 5.95. The molecule has 20 heavy (non-hydrogen) atoms. The van der Waals surface area contributed by atoms with Gasteiger partial charge in [-0.05, 0) is 49.4 Å². The van der Waals surface area contributed by atoms with Gasteiger partial charge in [0.15, 0.2) is 0 Å². The molecule has 3 N–H and O–H groups in total. The molecule has 1 aliphatic heterocycles. The molecule has 5 nitrogen and oxygen atoms in total. The van der Waals surface area contributed by atoms with Gasteiger partial charge in [0, 0.05) is 12.2 Å². The maximum Gasteiger partial charge on any atom is 0.241 e. The molecule has 2 atom stereocenters. The monoisotopic (exact) mass is 276 g/mol. The first-order valence-corrected chi connectivity index (χ1v) is 7.16. The lowest BCUT2D eigenvalue weighted by molar-refractivity contribution is -0.117. The van der Waals surface area contributed by atoms with Gasteiger partial charge in [-0.2, -0.15) is 0 Å². The van der Waals surface area contributed by atoms with Crippen molar-refractivity contribution in [1.82, 2.24) is 5.32 Å². The molecule has 2 fully saturated rings. The van der Waals surface area contributed by atoms with Crippen molar-refractivity contribution in [1.29, 1.82) is 0 Å². The Labute approximate surface area is 118 Å². The van der Waals surface area contributed by atoms with E-state index in [-0.39, 0.29) is 11.9 Å². The molecule has 0 radical (unpaired) electrons. The van der Waals surface area contributed by atoms with Crippen LogP contribution in [0.25, 0.3) is 0 Å². The lowest BCUT2D eigenvalue weighted by atomic mass is 10.2. The van der Waals surface area contributed by atoms with Gasteiger partial charge in [-0.3, -0.25) is 4.79 Å². The van der Waals surface area contributed by atoms with E-state index >= 15 is 0 Å². The van der Waals surface area contributed by atoms with Gasteiger partial charge in [0.05, 0.1) is 18.8 Å². The minimum atomic E-state index is -0.427. The third-order valence-corrected chi connectivity index (χ3v) is 3.73. The summed E-state index contributed by atoms with van der Waals surface area (Å²) < 4.78 is 5.65. The summed E-state index contributed by atoms with van der Waals surface area (Å²) in [5, 5.41) is 15.2. The number of carbonyl (C=O) groups is 1. The highest BCUT2D eigenvalue weighted by Crippen LogP contribution is 2.29. The van der Waals surface area contributed by atoms with E-state index in [0.29, 0.717) is 13.0 Å². The number of nitrogens with one attached hydrogen (secondary N) is 2. The van der Waals surface area contributed by atoms with Crippen LogP contribution in [-0.4, -0.2) is 36.3 Å². The van der Waals surface area contributed by atoms with Crippen molar-refractivity contribution in [2.45, 2.75) is 31.4 Å². The zero-order valence-electron chi connectivity index (χ0n) is 11.3. The Bertz CT molecular complexity index is 471. The first kappa shape index (κ1) is 13.4. The number of rotatable bonds is 5. The molecule has 1 aromatic rings. The molecule has 2 unspecified atom stereocenters. The first-order valence-electron chi connectivity index (χ1n) is 7.16. The number of hydrogen-bond acceptors (Lipinski definition) is 4. The molecule has 1 aromatic carbocycles. The fourth-order valence-corrected chi connectivity index (χ4v) is 2.28. The number of benzene rings is 1. The largest absolute Gasteiger partial charge is 0.493 e. The molecule has 1 aliphatic carbocycles. The quantitative estimate of drug-likeness (QED) is 0.754. The lowest BCUT2D eigenvalue weighted by Gasteiger charge is -2.11. The molecule has 0 bridgehead atoms. The highest BCUT2D eigenvalue weighted by Gasteiger charge is 2.28. The maximum absolute atomic E-state index is 12.0. The molecular formula is C15H20N2O3. The summed E-state index contributed by atoms with van der Waals surface area (Å²) in [5.41, 5.74) is 0.747. The van der Waals surface area contributed by atoms with E-state index in [4.69, 9.17) is 4.74 Å². The normalized spacial score (nSPS) is 25.4. The number of β-amino-alcohol motifs (C(OH)–C–C–N with tert-alkyl or cyclic N) is 1. The molecule has 0 spiro atoms. The van der Waals surface area contributed by atoms with Crippen molar-refractivity contribution < 1.29 is 14.6 Å². The number of amides is 1. The summed E-state index contributed by atoms with van der Waals surface area (Å²) in [6, 6.07) is 7.11. The van der Waals surface area contributed by atoms with E-state index < -0.39 is 6.10 Å². The molecule has 5 heteroatoms. The zero-order valence-corrected chi connectivity index (χ0v) is 11.3. The predicted molar refractivity (Wildman–Crippen MR) is 75.7 cm³/mol. The summed E-state index contributed by atoms with van der Waals surface area (Å²) in [5.74, 6) is 1.46. The Hall–Kier alpha value is -1.59. The fourth-order valence-electron chi connectivity index (χ4n) is 2.28. The highest BCUT2D eigenvalue weighted by atomic mass is 16.5. The smallest absolute Gasteiger partial charge is 0.241 e. The van der Waals surface area contributed by atoms with E-state index in [2.05, 4.69) is 10.6 Å². The third-order valence-electron chi connectivity index (χ3n) is 3.73. The summed E-state index contributed by atoms with van der Waals surface area (Å²) in [6.45, 7) is 1.27. The number of carbonyl (C=O) groups excluding carboxylic acids is 1. The molecule has 1 saturated heterocycles. The summed E-state index contributed by atoms with van der Waals surface area (Å²) in [4.78, 5) is 12.0. The van der Waals surface area contributed by atoms with Crippen LogP contribution in [0.15, 0.2) is 24.3 Å². The van der Waals surface area contributed by atoms with E-state index in [1.165, 1.54) is 12.8 Å². The van der Waals surface area contributed by atoms with Crippen LogP contribution in [0.3, 0.4) is 0 Å². The Balaban J connectivity index is 1.50. The fraction of sp³-hybridized carbons (Fsp3) is 0.533. The van der Waals surface area contributed by atoms with Gasteiger partial charge in [0.25, 0.3) is 0 Å². The number of ether oxygens (including phenoxy) is 1. The minimum absolute atomic E-state index is 0.104. The molecule has 2 aliphatic rings. The average Bonchev–Trinajstić information content (AvgIpc) is 3.18. The molecule has 0 aromatic heterocycles. The minimum Gasteiger partial charge on any atom is -0.493 e. The van der Waals surface area contributed by atoms with E-state index in [9.17, 15) is 9.90 Å². The van der Waals surface area contributed by atoms with Gasteiger partial charge in [-0.1, -0.05) is 0 Å². The lowest BCUT2D eigenvalue weighted by Crippen LogP contribution is -2.35. The third kappa shape index (κ3) is 3.49. The summed E-state index contributed by atoms with van der Waals surface area (Å²) in [7, 11) is 0. The van der Waals surface area contributed by atoms with Crippen molar-refractivity contribution >= 4 is 11.6 Å². The van der Waals surface area contributed by atoms with E-state index in [1.807, 2.05) is 24.3 Å². The van der Waals surface area contributed by atoms with E-state index in [0.717, 1.165) is 24.0 Å². The average molecular weight is 276 g/mol. The molecule has 1 heterocycles. The molecule has 1 saturated carbocycles.